The summed E-state index contributed by atoms with van der Waals surface area (Å²) in [7, 11) is 1.27. The predicted octanol–water partition coefficient (Wildman–Crippen LogP) is 2.05. The minimum absolute atomic E-state index is 0.305. The summed E-state index contributed by atoms with van der Waals surface area (Å²) in [6.45, 7) is 1.80. The van der Waals surface area contributed by atoms with E-state index in [1.807, 2.05) is 0 Å². The molecule has 0 atom stereocenters. The summed E-state index contributed by atoms with van der Waals surface area (Å²) >= 11 is 0. The number of benzene rings is 1. The molecular weight excluding hydrogens is 211 g/mol. The van der Waals surface area contributed by atoms with Crippen molar-refractivity contribution in [1.82, 2.24) is 10.9 Å². The third kappa shape index (κ3) is 3.27. The maximum absolute atomic E-state index is 12.7. The van der Waals surface area contributed by atoms with Gasteiger partial charge in [-0.1, -0.05) is 6.08 Å². The van der Waals surface area contributed by atoms with Gasteiger partial charge in [-0.25, -0.2) is 14.6 Å². The average molecular weight is 224 g/mol. The molecule has 0 saturated carbocycles. The number of nitrogens with one attached hydrogen (secondary N) is 2. The normalized spacial score (nSPS) is 10.8. The van der Waals surface area contributed by atoms with Crippen LogP contribution >= 0.6 is 0 Å². The smallest absolute Gasteiger partial charge is 0.425 e. The molecule has 0 saturated heterocycles. The third-order valence-corrected chi connectivity index (χ3v) is 1.93. The Kier molecular flexibility index (Phi) is 4.32. The minimum atomic E-state index is -0.596. The van der Waals surface area contributed by atoms with E-state index in [0.717, 1.165) is 5.56 Å². The SMILES string of the molecule is C/C=C(/NNC(=O)OC)c1ccc(F)cc1. The van der Waals surface area contributed by atoms with Crippen molar-refractivity contribution in [2.75, 3.05) is 7.11 Å². The van der Waals surface area contributed by atoms with Gasteiger partial charge in [0.25, 0.3) is 0 Å². The van der Waals surface area contributed by atoms with Crippen molar-refractivity contribution >= 4 is 11.8 Å². The number of ether oxygens (including phenoxy) is 1. The van der Waals surface area contributed by atoms with Crippen molar-refractivity contribution in [2.24, 2.45) is 0 Å². The van der Waals surface area contributed by atoms with E-state index in [2.05, 4.69) is 15.6 Å². The molecule has 0 aliphatic rings. The number of amides is 1. The highest BCUT2D eigenvalue weighted by atomic mass is 19.1. The van der Waals surface area contributed by atoms with Crippen LogP contribution in [0.15, 0.2) is 30.3 Å². The molecule has 0 unspecified atom stereocenters. The Bertz CT molecular complexity index is 387. The highest BCUT2D eigenvalue weighted by Gasteiger charge is 2.02. The van der Waals surface area contributed by atoms with Crippen LogP contribution in [0, 0.1) is 5.82 Å². The molecule has 86 valence electrons. The second-order valence-electron chi connectivity index (χ2n) is 2.95. The maximum Gasteiger partial charge on any atom is 0.425 e. The number of hydrogen-bond donors (Lipinski definition) is 2. The van der Waals surface area contributed by atoms with Crippen LogP contribution < -0.4 is 10.9 Å². The molecule has 1 aromatic rings. The Balaban J connectivity index is 2.69. The number of hydrazine groups is 1. The zero-order valence-corrected chi connectivity index (χ0v) is 9.08. The molecule has 2 N–H and O–H groups in total. The molecule has 4 nitrogen and oxygen atoms in total. The topological polar surface area (TPSA) is 50.4 Å². The van der Waals surface area contributed by atoms with Crippen molar-refractivity contribution in [1.29, 1.82) is 0 Å². The molecule has 0 heterocycles. The van der Waals surface area contributed by atoms with Gasteiger partial charge in [-0.2, -0.15) is 0 Å². The van der Waals surface area contributed by atoms with Crippen LogP contribution in [0.3, 0.4) is 0 Å². The number of carbonyl (C=O) groups excluding carboxylic acids is 1. The second-order valence-corrected chi connectivity index (χ2v) is 2.95. The fourth-order valence-electron chi connectivity index (χ4n) is 1.11. The maximum atomic E-state index is 12.7. The molecule has 1 rings (SSSR count). The van der Waals surface area contributed by atoms with E-state index in [1.165, 1.54) is 19.2 Å². The van der Waals surface area contributed by atoms with Crippen LogP contribution in [0.5, 0.6) is 0 Å². The molecule has 0 bridgehead atoms. The molecule has 0 aromatic heterocycles. The van der Waals surface area contributed by atoms with Gasteiger partial charge >= 0.3 is 6.09 Å². The Morgan fingerprint density at radius 1 is 1.31 bits per heavy atom. The van der Waals surface area contributed by atoms with E-state index >= 15 is 0 Å². The first-order valence-electron chi connectivity index (χ1n) is 4.69. The zero-order valence-electron chi connectivity index (χ0n) is 9.08. The van der Waals surface area contributed by atoms with Gasteiger partial charge in [-0.15, -0.1) is 0 Å². The molecule has 0 aliphatic carbocycles. The summed E-state index contributed by atoms with van der Waals surface area (Å²) in [6, 6.07) is 5.91. The number of halogens is 1. The fourth-order valence-corrected chi connectivity index (χ4v) is 1.11. The van der Waals surface area contributed by atoms with E-state index < -0.39 is 6.09 Å². The minimum Gasteiger partial charge on any atom is -0.452 e. The van der Waals surface area contributed by atoms with E-state index in [1.54, 1.807) is 25.1 Å². The van der Waals surface area contributed by atoms with E-state index in [0.29, 0.717) is 5.70 Å². The van der Waals surface area contributed by atoms with Gasteiger partial charge in [-0.3, -0.25) is 5.43 Å². The number of carbonyl (C=O) groups is 1. The van der Waals surface area contributed by atoms with Crippen molar-refractivity contribution < 1.29 is 13.9 Å². The summed E-state index contributed by atoms with van der Waals surface area (Å²) in [4.78, 5) is 10.8. The lowest BCUT2D eigenvalue weighted by atomic mass is 10.1. The van der Waals surface area contributed by atoms with Gasteiger partial charge in [0.15, 0.2) is 0 Å². The quantitative estimate of drug-likeness (QED) is 0.772. The summed E-state index contributed by atoms with van der Waals surface area (Å²) < 4.78 is 17.1. The zero-order chi connectivity index (χ0) is 12.0. The molecule has 0 fully saturated rings. The summed E-state index contributed by atoms with van der Waals surface area (Å²) in [5.41, 5.74) is 6.42. The largest absolute Gasteiger partial charge is 0.452 e. The van der Waals surface area contributed by atoms with E-state index in [-0.39, 0.29) is 5.82 Å². The first-order chi connectivity index (χ1) is 7.67. The van der Waals surface area contributed by atoms with Gasteiger partial charge in [0.2, 0.25) is 0 Å². The molecule has 0 spiro atoms. The van der Waals surface area contributed by atoms with Crippen LogP contribution in [0.25, 0.3) is 5.70 Å². The molecule has 5 heteroatoms. The second kappa shape index (κ2) is 5.75. The monoisotopic (exact) mass is 224 g/mol. The Morgan fingerprint density at radius 3 is 2.44 bits per heavy atom. The van der Waals surface area contributed by atoms with Crippen LogP contribution in [-0.2, 0) is 4.74 Å². The van der Waals surface area contributed by atoms with Crippen LogP contribution in [0.4, 0.5) is 9.18 Å². The van der Waals surface area contributed by atoms with Crippen LogP contribution in [-0.4, -0.2) is 13.2 Å². The van der Waals surface area contributed by atoms with Crippen molar-refractivity contribution in [2.45, 2.75) is 6.92 Å². The van der Waals surface area contributed by atoms with Crippen LogP contribution in [0.2, 0.25) is 0 Å². The average Bonchev–Trinajstić information content (AvgIpc) is 2.31. The standard InChI is InChI=1S/C11H13FN2O2/c1-3-10(13-14-11(15)16-2)8-4-6-9(12)7-5-8/h3-7,13H,1-2H3,(H,14,15)/b10-3+. The summed E-state index contributed by atoms with van der Waals surface area (Å²) in [5, 5.41) is 0. The number of methoxy groups -OCH3 is 1. The third-order valence-electron chi connectivity index (χ3n) is 1.93. The molecule has 1 aromatic carbocycles. The lowest BCUT2D eigenvalue weighted by molar-refractivity contribution is 0.168. The van der Waals surface area contributed by atoms with Gasteiger partial charge in [0.05, 0.1) is 12.8 Å². The number of allylic oxidation sites excluding steroid dienone is 1. The first-order valence-corrected chi connectivity index (χ1v) is 4.69. The lowest BCUT2D eigenvalue weighted by Crippen LogP contribution is -2.35. The molecule has 0 aliphatic heterocycles. The predicted molar refractivity (Wildman–Crippen MR) is 58.7 cm³/mol. The van der Waals surface area contributed by atoms with E-state index in [9.17, 15) is 9.18 Å². The lowest BCUT2D eigenvalue weighted by Gasteiger charge is -2.11. The first kappa shape index (κ1) is 12.0. The number of hydrogen-bond acceptors (Lipinski definition) is 3. The van der Waals surface area contributed by atoms with Gasteiger partial charge in [0.1, 0.15) is 5.82 Å². The van der Waals surface area contributed by atoms with Gasteiger partial charge in [0, 0.05) is 0 Å². The van der Waals surface area contributed by atoms with Crippen LogP contribution in [0.1, 0.15) is 12.5 Å². The Morgan fingerprint density at radius 2 is 1.94 bits per heavy atom. The highest BCUT2D eigenvalue weighted by Crippen LogP contribution is 2.11. The fraction of sp³-hybridized carbons (Fsp3) is 0.182. The Hall–Kier alpha value is -2.04. The summed E-state index contributed by atoms with van der Waals surface area (Å²) in [5.74, 6) is -0.305. The Labute approximate surface area is 93.1 Å². The van der Waals surface area contributed by atoms with E-state index in [4.69, 9.17) is 0 Å². The molecule has 0 radical (unpaired) electrons. The van der Waals surface area contributed by atoms with Crippen molar-refractivity contribution in [3.05, 3.63) is 41.7 Å². The molecule has 1 amide bonds. The van der Waals surface area contributed by atoms with Crippen molar-refractivity contribution in [3.63, 3.8) is 0 Å². The number of rotatable bonds is 3. The summed E-state index contributed by atoms with van der Waals surface area (Å²) in [6.07, 6.45) is 1.16. The molecular formula is C11H13FN2O2. The molecule has 16 heavy (non-hydrogen) atoms. The highest BCUT2D eigenvalue weighted by molar-refractivity contribution is 5.70. The van der Waals surface area contributed by atoms with Gasteiger partial charge in [-0.05, 0) is 36.8 Å². The van der Waals surface area contributed by atoms with Gasteiger partial charge < -0.3 is 4.74 Å². The van der Waals surface area contributed by atoms with Crippen molar-refractivity contribution in [3.8, 4) is 0 Å².